The van der Waals surface area contributed by atoms with Crippen molar-refractivity contribution in [1.29, 1.82) is 0 Å². The van der Waals surface area contributed by atoms with Gasteiger partial charge in [-0.15, -0.1) is 0 Å². The van der Waals surface area contributed by atoms with Gasteiger partial charge in [0.1, 0.15) is 5.82 Å². The fourth-order valence-electron chi connectivity index (χ4n) is 5.04. The van der Waals surface area contributed by atoms with Crippen LogP contribution in [0.15, 0.2) is 116 Å². The Hall–Kier alpha value is -4.35. The number of benzene rings is 3. The molecular weight excluding hydrogens is 466 g/mol. The lowest BCUT2D eigenvalue weighted by molar-refractivity contribution is 0.211. The van der Waals surface area contributed by atoms with Gasteiger partial charge in [0.25, 0.3) is 0 Å². The van der Waals surface area contributed by atoms with Gasteiger partial charge >= 0.3 is 0 Å². The van der Waals surface area contributed by atoms with Crippen LogP contribution in [-0.4, -0.2) is 39.0 Å². The molecule has 5 heteroatoms. The number of rotatable bonds is 7. The summed E-state index contributed by atoms with van der Waals surface area (Å²) in [5, 5.41) is 3.73. The van der Waals surface area contributed by atoms with Crippen LogP contribution in [0.1, 0.15) is 18.4 Å². The van der Waals surface area contributed by atoms with Crippen LogP contribution in [0.4, 0.5) is 5.82 Å². The van der Waals surface area contributed by atoms with E-state index in [9.17, 15) is 0 Å². The first kappa shape index (κ1) is 24.0. The van der Waals surface area contributed by atoms with Gasteiger partial charge in [-0.3, -0.25) is 9.88 Å². The molecule has 3 aromatic carbocycles. The number of hydrogen-bond donors (Lipinski definition) is 1. The summed E-state index contributed by atoms with van der Waals surface area (Å²) in [5.41, 5.74) is 6.43. The zero-order valence-electron chi connectivity index (χ0n) is 21.4. The Labute approximate surface area is 224 Å². The molecule has 6 rings (SSSR count). The second kappa shape index (κ2) is 11.4. The maximum absolute atomic E-state index is 4.96. The van der Waals surface area contributed by atoms with Crippen molar-refractivity contribution < 1.29 is 0 Å². The van der Waals surface area contributed by atoms with E-state index in [4.69, 9.17) is 9.97 Å². The molecule has 1 saturated heterocycles. The van der Waals surface area contributed by atoms with Crippen LogP contribution in [0.5, 0.6) is 0 Å². The molecule has 1 aliphatic rings. The van der Waals surface area contributed by atoms with Gasteiger partial charge in [-0.2, -0.15) is 0 Å². The fraction of sp³-hybridized carbons (Fsp3) is 0.182. The van der Waals surface area contributed by atoms with Gasteiger partial charge in [-0.05, 0) is 30.0 Å². The van der Waals surface area contributed by atoms with Crippen molar-refractivity contribution in [3.63, 3.8) is 0 Å². The Morgan fingerprint density at radius 3 is 2.00 bits per heavy atom. The third-order valence-electron chi connectivity index (χ3n) is 7.09. The topological polar surface area (TPSA) is 53.9 Å². The third-order valence-corrected chi connectivity index (χ3v) is 7.09. The molecule has 0 bridgehead atoms. The maximum atomic E-state index is 4.96. The van der Waals surface area contributed by atoms with E-state index in [1.807, 2.05) is 48.8 Å². The summed E-state index contributed by atoms with van der Waals surface area (Å²) in [6, 6.07) is 35.8. The van der Waals surface area contributed by atoms with Gasteiger partial charge in [-0.25, -0.2) is 9.97 Å². The third kappa shape index (κ3) is 5.79. The largest absolute Gasteiger partial charge is 0.367 e. The summed E-state index contributed by atoms with van der Waals surface area (Å²) in [6.45, 7) is 3.15. The first-order chi connectivity index (χ1) is 18.8. The standard InChI is InChI=1S/C33H31N5/c1-4-10-25(11-5-1)24-38-18-16-30(17-19-38)35-32-21-31(36-33(37-32)27-14-8-3-9-15-27)29-20-28(22-34-23-29)26-12-6-2-7-13-26/h1-15,20-23,30H,16-19,24H2,(H,35,36,37). The minimum absolute atomic E-state index is 0.377. The van der Waals surface area contributed by atoms with Crippen LogP contribution < -0.4 is 5.32 Å². The number of nitrogens with one attached hydrogen (secondary N) is 1. The van der Waals surface area contributed by atoms with Crippen molar-refractivity contribution in [1.82, 2.24) is 19.9 Å². The Morgan fingerprint density at radius 2 is 1.29 bits per heavy atom. The van der Waals surface area contributed by atoms with Crippen molar-refractivity contribution in [3.05, 3.63) is 121 Å². The number of pyridine rings is 1. The van der Waals surface area contributed by atoms with E-state index in [0.717, 1.165) is 72.1 Å². The predicted molar refractivity (Wildman–Crippen MR) is 154 cm³/mol. The highest BCUT2D eigenvalue weighted by Crippen LogP contribution is 2.28. The highest BCUT2D eigenvalue weighted by atomic mass is 15.1. The number of aromatic nitrogens is 3. The molecule has 0 radical (unpaired) electrons. The zero-order chi connectivity index (χ0) is 25.6. The lowest BCUT2D eigenvalue weighted by Crippen LogP contribution is -2.38. The van der Waals surface area contributed by atoms with E-state index in [1.165, 1.54) is 5.56 Å². The Kier molecular flexibility index (Phi) is 7.18. The van der Waals surface area contributed by atoms with E-state index < -0.39 is 0 Å². The smallest absolute Gasteiger partial charge is 0.162 e. The first-order valence-electron chi connectivity index (χ1n) is 13.3. The summed E-state index contributed by atoms with van der Waals surface area (Å²) in [4.78, 5) is 17.0. The molecule has 1 N–H and O–H groups in total. The van der Waals surface area contributed by atoms with Gasteiger partial charge in [0.15, 0.2) is 5.82 Å². The Bertz CT molecular complexity index is 1460. The van der Waals surface area contributed by atoms with Crippen LogP contribution in [0.25, 0.3) is 33.8 Å². The molecule has 5 aromatic rings. The van der Waals surface area contributed by atoms with E-state index in [-0.39, 0.29) is 0 Å². The minimum atomic E-state index is 0.377. The molecule has 0 amide bonds. The number of anilines is 1. The van der Waals surface area contributed by atoms with Crippen molar-refractivity contribution in [2.24, 2.45) is 0 Å². The van der Waals surface area contributed by atoms with Crippen LogP contribution in [0, 0.1) is 0 Å². The van der Waals surface area contributed by atoms with Crippen LogP contribution >= 0.6 is 0 Å². The van der Waals surface area contributed by atoms with Crippen molar-refractivity contribution >= 4 is 5.82 Å². The molecule has 5 nitrogen and oxygen atoms in total. The molecule has 2 aromatic heterocycles. The molecule has 38 heavy (non-hydrogen) atoms. The summed E-state index contributed by atoms with van der Waals surface area (Å²) in [5.74, 6) is 1.58. The monoisotopic (exact) mass is 497 g/mol. The van der Waals surface area contributed by atoms with Crippen LogP contribution in [0.3, 0.4) is 0 Å². The Morgan fingerprint density at radius 1 is 0.658 bits per heavy atom. The van der Waals surface area contributed by atoms with E-state index >= 15 is 0 Å². The second-order valence-electron chi connectivity index (χ2n) is 9.84. The second-order valence-corrected chi connectivity index (χ2v) is 9.84. The summed E-state index contributed by atoms with van der Waals surface area (Å²) < 4.78 is 0. The van der Waals surface area contributed by atoms with Gasteiger partial charge in [0.05, 0.1) is 5.69 Å². The lowest BCUT2D eigenvalue weighted by Gasteiger charge is -2.32. The molecule has 1 aliphatic heterocycles. The SMILES string of the molecule is c1ccc(CN2CCC(Nc3cc(-c4cncc(-c5ccccc5)c4)nc(-c4ccccc4)n3)CC2)cc1. The molecular formula is C33H31N5. The summed E-state index contributed by atoms with van der Waals surface area (Å²) >= 11 is 0. The zero-order valence-corrected chi connectivity index (χ0v) is 21.4. The predicted octanol–water partition coefficient (Wildman–Crippen LogP) is 6.95. The molecule has 3 heterocycles. The van der Waals surface area contributed by atoms with Gasteiger partial charge in [-0.1, -0.05) is 91.0 Å². The van der Waals surface area contributed by atoms with Crippen LogP contribution in [0.2, 0.25) is 0 Å². The fourth-order valence-corrected chi connectivity index (χ4v) is 5.04. The maximum Gasteiger partial charge on any atom is 0.162 e. The minimum Gasteiger partial charge on any atom is -0.367 e. The first-order valence-corrected chi connectivity index (χ1v) is 13.3. The highest BCUT2D eigenvalue weighted by Gasteiger charge is 2.20. The average molecular weight is 498 g/mol. The van der Waals surface area contributed by atoms with Gasteiger partial charge < -0.3 is 5.32 Å². The van der Waals surface area contributed by atoms with E-state index in [2.05, 4.69) is 81.9 Å². The molecule has 188 valence electrons. The number of piperidine rings is 1. The average Bonchev–Trinajstić information content (AvgIpc) is 2.99. The lowest BCUT2D eigenvalue weighted by atomic mass is 10.0. The molecule has 0 spiro atoms. The van der Waals surface area contributed by atoms with Crippen molar-refractivity contribution in [3.8, 4) is 33.8 Å². The molecule has 1 fully saturated rings. The highest BCUT2D eigenvalue weighted by molar-refractivity contribution is 5.72. The molecule has 0 aliphatic carbocycles. The van der Waals surface area contributed by atoms with Gasteiger partial charge in [0.2, 0.25) is 0 Å². The normalized spacial score (nSPS) is 14.3. The quantitative estimate of drug-likeness (QED) is 0.264. The summed E-state index contributed by atoms with van der Waals surface area (Å²) in [6.07, 6.45) is 5.95. The molecule has 0 atom stereocenters. The van der Waals surface area contributed by atoms with E-state index in [1.54, 1.807) is 0 Å². The van der Waals surface area contributed by atoms with Crippen molar-refractivity contribution in [2.75, 3.05) is 18.4 Å². The summed E-state index contributed by atoms with van der Waals surface area (Å²) in [7, 11) is 0. The number of likely N-dealkylation sites (tertiary alicyclic amines) is 1. The number of hydrogen-bond acceptors (Lipinski definition) is 5. The van der Waals surface area contributed by atoms with Gasteiger partial charge in [0, 0.05) is 60.8 Å². The van der Waals surface area contributed by atoms with Crippen molar-refractivity contribution in [2.45, 2.75) is 25.4 Å². The molecule has 0 unspecified atom stereocenters. The number of nitrogens with zero attached hydrogens (tertiary/aromatic N) is 4. The molecule has 0 saturated carbocycles. The Balaban J connectivity index is 1.24. The van der Waals surface area contributed by atoms with E-state index in [0.29, 0.717) is 6.04 Å². The van der Waals surface area contributed by atoms with Crippen LogP contribution in [-0.2, 0) is 6.54 Å².